The van der Waals surface area contributed by atoms with Crippen LogP contribution in [-0.4, -0.2) is 39.4 Å². The van der Waals surface area contributed by atoms with E-state index in [0.29, 0.717) is 30.3 Å². The first-order chi connectivity index (χ1) is 14.3. The maximum atomic E-state index is 13.1. The number of alkyl halides is 3. The lowest BCUT2D eigenvalue weighted by Gasteiger charge is -2.25. The number of benzene rings is 1. The first kappa shape index (κ1) is 20.1. The maximum absolute atomic E-state index is 13.1. The van der Waals surface area contributed by atoms with E-state index in [4.69, 9.17) is 10.5 Å². The second-order valence-electron chi connectivity index (χ2n) is 7.20. The Bertz CT molecular complexity index is 1040. The summed E-state index contributed by atoms with van der Waals surface area (Å²) < 4.78 is 44.8. The van der Waals surface area contributed by atoms with Crippen LogP contribution in [0.1, 0.15) is 24.1 Å². The molecule has 0 radical (unpaired) electrons. The summed E-state index contributed by atoms with van der Waals surface area (Å²) in [4.78, 5) is 8.83. The number of aryl methyl sites for hydroxylation is 1. The summed E-state index contributed by atoms with van der Waals surface area (Å²) in [6.45, 7) is 3.10. The van der Waals surface area contributed by atoms with E-state index in [-0.39, 0.29) is 23.2 Å². The molecule has 10 heteroatoms. The van der Waals surface area contributed by atoms with Gasteiger partial charge in [-0.25, -0.2) is 9.97 Å². The van der Waals surface area contributed by atoms with E-state index in [1.165, 1.54) is 12.1 Å². The summed E-state index contributed by atoms with van der Waals surface area (Å²) >= 11 is 0. The molecule has 0 spiro atoms. The second-order valence-corrected chi connectivity index (χ2v) is 7.20. The molecule has 0 aliphatic carbocycles. The third-order valence-electron chi connectivity index (χ3n) is 4.91. The van der Waals surface area contributed by atoms with Crippen molar-refractivity contribution in [2.45, 2.75) is 32.0 Å². The zero-order chi connectivity index (χ0) is 21.3. The van der Waals surface area contributed by atoms with Crippen molar-refractivity contribution in [1.82, 2.24) is 20.2 Å². The number of nitrogen functional groups attached to an aromatic ring is 1. The van der Waals surface area contributed by atoms with Gasteiger partial charge in [-0.2, -0.15) is 18.3 Å². The van der Waals surface area contributed by atoms with Gasteiger partial charge in [0.25, 0.3) is 0 Å². The number of rotatable bonds is 4. The average Bonchev–Trinajstić information content (AvgIpc) is 3.13. The molecule has 0 amide bonds. The highest BCUT2D eigenvalue weighted by atomic mass is 19.4. The fourth-order valence-corrected chi connectivity index (χ4v) is 3.38. The molecule has 7 nitrogen and oxygen atoms in total. The molecule has 1 saturated heterocycles. The molecule has 4 rings (SSSR count). The predicted octanol–water partition coefficient (Wildman–Crippen LogP) is 4.03. The fraction of sp³-hybridized carbons (Fsp3) is 0.350. The van der Waals surface area contributed by atoms with Gasteiger partial charge in [0, 0.05) is 30.5 Å². The number of nitrogens with zero attached hydrogens (tertiary/aromatic N) is 3. The summed E-state index contributed by atoms with van der Waals surface area (Å²) in [6.07, 6.45) is -2.90. The van der Waals surface area contributed by atoms with Crippen LogP contribution in [0.2, 0.25) is 0 Å². The van der Waals surface area contributed by atoms with Gasteiger partial charge in [-0.15, -0.1) is 0 Å². The molecule has 3 heterocycles. The number of ether oxygens (including phenoxy) is 1. The van der Waals surface area contributed by atoms with Gasteiger partial charge in [-0.3, -0.25) is 5.10 Å². The molecule has 3 aromatic rings. The average molecular weight is 418 g/mol. The molecule has 0 saturated carbocycles. The minimum atomic E-state index is -4.46. The van der Waals surface area contributed by atoms with Gasteiger partial charge in [0.15, 0.2) is 5.82 Å². The summed E-state index contributed by atoms with van der Waals surface area (Å²) in [5, 5.41) is 10.5. The number of H-pyrrole nitrogens is 1. The summed E-state index contributed by atoms with van der Waals surface area (Å²) in [5.41, 5.74) is 7.62. The minimum absolute atomic E-state index is 0.0983. The van der Waals surface area contributed by atoms with E-state index < -0.39 is 11.7 Å². The Balaban J connectivity index is 1.80. The Hall–Kier alpha value is -3.14. The van der Waals surface area contributed by atoms with Crippen LogP contribution in [0, 0.1) is 6.92 Å². The van der Waals surface area contributed by atoms with Crippen molar-refractivity contribution < 1.29 is 17.9 Å². The van der Waals surface area contributed by atoms with Crippen LogP contribution >= 0.6 is 0 Å². The van der Waals surface area contributed by atoms with Crippen LogP contribution in [0.4, 0.5) is 24.8 Å². The largest absolute Gasteiger partial charge is 0.416 e. The van der Waals surface area contributed by atoms with Crippen molar-refractivity contribution in [3.05, 3.63) is 41.6 Å². The Kier molecular flexibility index (Phi) is 5.33. The predicted molar refractivity (Wildman–Crippen MR) is 107 cm³/mol. The Morgan fingerprint density at radius 1 is 1.17 bits per heavy atom. The van der Waals surface area contributed by atoms with Crippen molar-refractivity contribution >= 4 is 11.6 Å². The molecule has 1 aromatic carbocycles. The summed E-state index contributed by atoms with van der Waals surface area (Å²) in [5.74, 6) is 0.691. The Morgan fingerprint density at radius 3 is 2.60 bits per heavy atom. The van der Waals surface area contributed by atoms with Crippen molar-refractivity contribution in [3.63, 3.8) is 0 Å². The van der Waals surface area contributed by atoms with E-state index >= 15 is 0 Å². The highest BCUT2D eigenvalue weighted by molar-refractivity contribution is 5.83. The van der Waals surface area contributed by atoms with E-state index in [9.17, 15) is 13.2 Å². The number of anilines is 2. The quantitative estimate of drug-likeness (QED) is 0.591. The Labute approximate surface area is 170 Å². The standard InChI is InChI=1S/C20H21F3N6O/c1-11-9-15(29-28-11)16-17(24)26-18(12-3-2-4-13(10-12)20(21,22)23)27-19(16)25-14-5-7-30-8-6-14/h2-4,9-10,14H,5-8H2,1H3,(H,28,29)(H3,24,25,26,27). The number of nitrogens with one attached hydrogen (secondary N) is 2. The molecule has 158 valence electrons. The van der Waals surface area contributed by atoms with Crippen LogP contribution in [0.25, 0.3) is 22.6 Å². The molecule has 4 N–H and O–H groups in total. The van der Waals surface area contributed by atoms with Crippen LogP contribution in [0.15, 0.2) is 30.3 Å². The molecule has 0 unspecified atom stereocenters. The summed E-state index contributed by atoms with van der Waals surface area (Å²) in [7, 11) is 0. The van der Waals surface area contributed by atoms with Crippen molar-refractivity contribution in [2.24, 2.45) is 0 Å². The van der Waals surface area contributed by atoms with Crippen LogP contribution in [0.3, 0.4) is 0 Å². The lowest BCUT2D eigenvalue weighted by atomic mass is 10.1. The van der Waals surface area contributed by atoms with E-state index in [1.54, 1.807) is 0 Å². The third kappa shape index (κ3) is 4.23. The number of halogens is 3. The zero-order valence-corrected chi connectivity index (χ0v) is 16.3. The number of aromatic nitrogens is 4. The molecular weight excluding hydrogens is 397 g/mol. The highest BCUT2D eigenvalue weighted by Gasteiger charge is 2.31. The van der Waals surface area contributed by atoms with E-state index in [1.807, 2.05) is 13.0 Å². The topological polar surface area (TPSA) is 102 Å². The molecule has 0 atom stereocenters. The van der Waals surface area contributed by atoms with Crippen LogP contribution < -0.4 is 11.1 Å². The van der Waals surface area contributed by atoms with Gasteiger partial charge < -0.3 is 15.8 Å². The molecule has 1 fully saturated rings. The lowest BCUT2D eigenvalue weighted by molar-refractivity contribution is -0.137. The van der Waals surface area contributed by atoms with Crippen LogP contribution in [-0.2, 0) is 10.9 Å². The summed E-state index contributed by atoms with van der Waals surface area (Å²) in [6, 6.07) is 6.80. The van der Waals surface area contributed by atoms with Gasteiger partial charge >= 0.3 is 6.18 Å². The van der Waals surface area contributed by atoms with Gasteiger partial charge in [-0.05, 0) is 38.0 Å². The first-order valence-electron chi connectivity index (χ1n) is 9.53. The van der Waals surface area contributed by atoms with E-state index in [0.717, 1.165) is 30.7 Å². The molecule has 1 aliphatic rings. The smallest absolute Gasteiger partial charge is 0.383 e. The minimum Gasteiger partial charge on any atom is -0.383 e. The van der Waals surface area contributed by atoms with Gasteiger partial charge in [0.05, 0.1) is 16.8 Å². The van der Waals surface area contributed by atoms with Gasteiger partial charge in [0.2, 0.25) is 0 Å². The molecule has 30 heavy (non-hydrogen) atoms. The number of hydrogen-bond donors (Lipinski definition) is 3. The number of hydrogen-bond acceptors (Lipinski definition) is 6. The number of aromatic amines is 1. The zero-order valence-electron chi connectivity index (χ0n) is 16.3. The van der Waals surface area contributed by atoms with Crippen molar-refractivity contribution in [2.75, 3.05) is 24.3 Å². The monoisotopic (exact) mass is 418 g/mol. The van der Waals surface area contributed by atoms with Crippen LogP contribution in [0.5, 0.6) is 0 Å². The second kappa shape index (κ2) is 7.94. The normalized spacial score (nSPS) is 15.3. The molecule has 2 aromatic heterocycles. The molecule has 1 aliphatic heterocycles. The SMILES string of the molecule is Cc1cc(-c2c(N)nc(-c3cccc(C(F)(F)F)c3)nc2NC2CCOCC2)n[nH]1. The van der Waals surface area contributed by atoms with E-state index in [2.05, 4.69) is 25.5 Å². The highest BCUT2D eigenvalue weighted by Crippen LogP contribution is 2.35. The van der Waals surface area contributed by atoms with Gasteiger partial charge in [-0.1, -0.05) is 12.1 Å². The van der Waals surface area contributed by atoms with Gasteiger partial charge in [0.1, 0.15) is 11.6 Å². The van der Waals surface area contributed by atoms with Crippen molar-refractivity contribution in [1.29, 1.82) is 0 Å². The third-order valence-corrected chi connectivity index (χ3v) is 4.91. The van der Waals surface area contributed by atoms with Crippen molar-refractivity contribution in [3.8, 4) is 22.6 Å². The maximum Gasteiger partial charge on any atom is 0.416 e. The number of nitrogens with two attached hydrogens (primary N) is 1. The molecule has 0 bridgehead atoms. The Morgan fingerprint density at radius 2 is 1.93 bits per heavy atom. The molecular formula is C20H21F3N6O. The first-order valence-corrected chi connectivity index (χ1v) is 9.53. The lowest BCUT2D eigenvalue weighted by Crippen LogP contribution is -2.28. The fourth-order valence-electron chi connectivity index (χ4n) is 3.38.